The molecule has 2 heterocycles. The molecule has 2 aromatic rings. The van der Waals surface area contributed by atoms with E-state index in [1.165, 1.54) is 0 Å². The molecule has 1 aliphatic rings. The van der Waals surface area contributed by atoms with Crippen LogP contribution in [0.3, 0.4) is 0 Å². The molecule has 1 aliphatic heterocycles. The predicted molar refractivity (Wildman–Crippen MR) is 82.5 cm³/mol. The van der Waals surface area contributed by atoms with Gasteiger partial charge in [-0.25, -0.2) is 4.98 Å². The predicted octanol–water partition coefficient (Wildman–Crippen LogP) is 2.92. The van der Waals surface area contributed by atoms with Gasteiger partial charge in [0.2, 0.25) is 5.88 Å². The Morgan fingerprint density at radius 1 is 1.24 bits per heavy atom. The first kappa shape index (κ1) is 13.9. The molecule has 0 radical (unpaired) electrons. The molecule has 1 N–H and O–H groups in total. The summed E-state index contributed by atoms with van der Waals surface area (Å²) in [7, 11) is 1.63. The maximum absolute atomic E-state index is 10.2. The second-order valence-electron chi connectivity index (χ2n) is 5.31. The zero-order chi connectivity index (χ0) is 14.7. The fourth-order valence-electron chi connectivity index (χ4n) is 2.83. The number of anilines is 1. The van der Waals surface area contributed by atoms with Gasteiger partial charge in [-0.05, 0) is 25.0 Å². The van der Waals surface area contributed by atoms with Crippen molar-refractivity contribution < 1.29 is 9.84 Å². The van der Waals surface area contributed by atoms with Gasteiger partial charge in [0.25, 0.3) is 0 Å². The van der Waals surface area contributed by atoms with Crippen molar-refractivity contribution in [1.29, 1.82) is 0 Å². The lowest BCUT2D eigenvalue weighted by atomic mass is 10.0. The zero-order valence-corrected chi connectivity index (χ0v) is 12.2. The number of rotatable bonds is 3. The van der Waals surface area contributed by atoms with Crippen molar-refractivity contribution >= 4 is 5.69 Å². The van der Waals surface area contributed by atoms with Crippen LogP contribution < -0.4 is 9.64 Å². The highest BCUT2D eigenvalue weighted by molar-refractivity contribution is 5.55. The average molecular weight is 284 g/mol. The van der Waals surface area contributed by atoms with E-state index in [1.54, 1.807) is 7.11 Å². The van der Waals surface area contributed by atoms with Gasteiger partial charge in [0.1, 0.15) is 0 Å². The Bertz CT molecular complexity index is 615. The lowest BCUT2D eigenvalue weighted by molar-refractivity contribution is 0.168. The van der Waals surface area contributed by atoms with Gasteiger partial charge in [-0.2, -0.15) is 0 Å². The van der Waals surface area contributed by atoms with Crippen LogP contribution in [-0.4, -0.2) is 23.7 Å². The standard InChI is InChI=1S/C17H20N2O2/c1-21-17-10-4-6-13(18-17)12-19-11-5-9-16(20)14-7-2-3-8-15(14)19/h2-4,6-8,10,16,20H,5,9,11-12H2,1H3. The van der Waals surface area contributed by atoms with E-state index in [9.17, 15) is 5.11 Å². The minimum atomic E-state index is -0.371. The number of para-hydroxylation sites is 1. The molecule has 0 saturated heterocycles. The number of hydrogen-bond acceptors (Lipinski definition) is 4. The summed E-state index contributed by atoms with van der Waals surface area (Å²) in [4.78, 5) is 6.77. The number of fused-ring (bicyclic) bond motifs is 1. The van der Waals surface area contributed by atoms with Crippen LogP contribution in [0.25, 0.3) is 0 Å². The highest BCUT2D eigenvalue weighted by Crippen LogP contribution is 2.33. The third-order valence-electron chi connectivity index (χ3n) is 3.89. The third-order valence-corrected chi connectivity index (χ3v) is 3.89. The lowest BCUT2D eigenvalue weighted by Gasteiger charge is -2.25. The van der Waals surface area contributed by atoms with Crippen LogP contribution in [0.4, 0.5) is 5.69 Å². The van der Waals surface area contributed by atoms with Gasteiger partial charge >= 0.3 is 0 Å². The van der Waals surface area contributed by atoms with E-state index in [4.69, 9.17) is 4.74 Å². The largest absolute Gasteiger partial charge is 0.481 e. The topological polar surface area (TPSA) is 45.6 Å². The summed E-state index contributed by atoms with van der Waals surface area (Å²) < 4.78 is 5.19. The van der Waals surface area contributed by atoms with Gasteiger partial charge in [0.15, 0.2) is 0 Å². The van der Waals surface area contributed by atoms with E-state index in [2.05, 4.69) is 16.0 Å². The van der Waals surface area contributed by atoms with Crippen molar-refractivity contribution in [1.82, 2.24) is 4.98 Å². The lowest BCUT2D eigenvalue weighted by Crippen LogP contribution is -2.24. The summed E-state index contributed by atoms with van der Waals surface area (Å²) in [6.07, 6.45) is 1.41. The number of benzene rings is 1. The first-order chi connectivity index (χ1) is 10.3. The number of aliphatic hydroxyl groups is 1. The van der Waals surface area contributed by atoms with Crippen molar-refractivity contribution in [2.45, 2.75) is 25.5 Å². The Morgan fingerprint density at radius 3 is 2.95 bits per heavy atom. The second-order valence-corrected chi connectivity index (χ2v) is 5.31. The van der Waals surface area contributed by atoms with Gasteiger partial charge in [0, 0.05) is 23.9 Å². The molecule has 4 nitrogen and oxygen atoms in total. The molecule has 0 saturated carbocycles. The Hall–Kier alpha value is -2.07. The Morgan fingerprint density at radius 2 is 2.10 bits per heavy atom. The fraction of sp³-hybridized carbons (Fsp3) is 0.353. The normalized spacial score (nSPS) is 18.0. The van der Waals surface area contributed by atoms with Crippen LogP contribution in [0.5, 0.6) is 5.88 Å². The second kappa shape index (κ2) is 6.14. The van der Waals surface area contributed by atoms with Crippen molar-refractivity contribution in [3.63, 3.8) is 0 Å². The van der Waals surface area contributed by atoms with Crippen LogP contribution in [0.15, 0.2) is 42.5 Å². The first-order valence-corrected chi connectivity index (χ1v) is 7.30. The number of methoxy groups -OCH3 is 1. The molecular weight excluding hydrogens is 264 g/mol. The summed E-state index contributed by atoms with van der Waals surface area (Å²) in [6, 6.07) is 13.9. The molecule has 1 atom stereocenters. The zero-order valence-electron chi connectivity index (χ0n) is 12.2. The van der Waals surface area contributed by atoms with E-state index in [0.29, 0.717) is 5.88 Å². The Kier molecular flexibility index (Phi) is 4.06. The van der Waals surface area contributed by atoms with E-state index < -0.39 is 0 Å². The van der Waals surface area contributed by atoms with Gasteiger partial charge in [-0.1, -0.05) is 24.3 Å². The molecule has 3 rings (SSSR count). The van der Waals surface area contributed by atoms with Crippen molar-refractivity contribution in [3.05, 3.63) is 53.7 Å². The highest BCUT2D eigenvalue weighted by atomic mass is 16.5. The number of hydrogen-bond donors (Lipinski definition) is 1. The summed E-state index contributed by atoms with van der Waals surface area (Å²) in [6.45, 7) is 1.65. The van der Waals surface area contributed by atoms with Crippen molar-refractivity contribution in [2.75, 3.05) is 18.6 Å². The minimum Gasteiger partial charge on any atom is -0.481 e. The molecule has 0 fully saturated rings. The molecule has 4 heteroatoms. The summed E-state index contributed by atoms with van der Waals surface area (Å²) in [5.74, 6) is 0.635. The SMILES string of the molecule is COc1cccc(CN2CCCC(O)c3ccccc32)n1. The quantitative estimate of drug-likeness (QED) is 0.941. The molecule has 1 aromatic heterocycles. The monoisotopic (exact) mass is 284 g/mol. The average Bonchev–Trinajstić information content (AvgIpc) is 2.68. The van der Waals surface area contributed by atoms with Crippen LogP contribution in [0.2, 0.25) is 0 Å². The van der Waals surface area contributed by atoms with Gasteiger partial charge in [-0.15, -0.1) is 0 Å². The molecule has 0 spiro atoms. The van der Waals surface area contributed by atoms with Gasteiger partial charge < -0.3 is 14.7 Å². The Balaban J connectivity index is 1.89. The van der Waals surface area contributed by atoms with Crippen LogP contribution in [0.1, 0.15) is 30.2 Å². The number of ether oxygens (including phenoxy) is 1. The van der Waals surface area contributed by atoms with Crippen molar-refractivity contribution in [2.24, 2.45) is 0 Å². The minimum absolute atomic E-state index is 0.371. The smallest absolute Gasteiger partial charge is 0.213 e. The summed E-state index contributed by atoms with van der Waals surface area (Å²) in [5, 5.41) is 10.2. The molecule has 110 valence electrons. The van der Waals surface area contributed by atoms with E-state index >= 15 is 0 Å². The molecule has 1 aromatic carbocycles. The molecule has 0 bridgehead atoms. The molecule has 1 unspecified atom stereocenters. The number of pyridine rings is 1. The van der Waals surface area contributed by atoms with Gasteiger partial charge in [0.05, 0.1) is 25.5 Å². The Labute approximate surface area is 125 Å². The molecule has 0 amide bonds. The van der Waals surface area contributed by atoms with Crippen LogP contribution in [0, 0.1) is 0 Å². The number of aromatic nitrogens is 1. The van der Waals surface area contributed by atoms with Crippen LogP contribution >= 0.6 is 0 Å². The number of aliphatic hydroxyl groups excluding tert-OH is 1. The molecular formula is C17H20N2O2. The van der Waals surface area contributed by atoms with E-state index in [0.717, 1.165) is 42.9 Å². The number of nitrogens with zero attached hydrogens (tertiary/aromatic N) is 2. The highest BCUT2D eigenvalue weighted by Gasteiger charge is 2.21. The first-order valence-electron chi connectivity index (χ1n) is 7.30. The summed E-state index contributed by atoms with van der Waals surface area (Å²) in [5.41, 5.74) is 3.09. The molecule has 21 heavy (non-hydrogen) atoms. The van der Waals surface area contributed by atoms with E-state index in [1.807, 2.05) is 36.4 Å². The van der Waals surface area contributed by atoms with Crippen molar-refractivity contribution in [3.8, 4) is 5.88 Å². The third kappa shape index (κ3) is 3.00. The van der Waals surface area contributed by atoms with Crippen LogP contribution in [-0.2, 0) is 6.54 Å². The van der Waals surface area contributed by atoms with Gasteiger partial charge in [-0.3, -0.25) is 0 Å². The van der Waals surface area contributed by atoms with E-state index in [-0.39, 0.29) is 6.10 Å². The summed E-state index contributed by atoms with van der Waals surface area (Å²) >= 11 is 0. The fourth-order valence-corrected chi connectivity index (χ4v) is 2.83. The molecule has 0 aliphatic carbocycles. The maximum Gasteiger partial charge on any atom is 0.213 e. The maximum atomic E-state index is 10.2.